The number of amides is 1. The second kappa shape index (κ2) is 8.44. The van der Waals surface area contributed by atoms with Gasteiger partial charge in [0.05, 0.1) is 25.3 Å². The number of hydrogen-bond donors (Lipinski definition) is 1. The van der Waals surface area contributed by atoms with E-state index >= 15 is 8.78 Å². The molecule has 1 amide bonds. The summed E-state index contributed by atoms with van der Waals surface area (Å²) in [6.45, 7) is 4.92. The molecule has 1 saturated heterocycles. The highest BCUT2D eigenvalue weighted by molar-refractivity contribution is 6.03. The number of alkyl halides is 2. The molecule has 0 saturated carbocycles. The Hall–Kier alpha value is -2.95. The van der Waals surface area contributed by atoms with E-state index in [4.69, 9.17) is 9.47 Å². The maximum atomic E-state index is 15.4. The van der Waals surface area contributed by atoms with Crippen molar-refractivity contribution in [2.45, 2.75) is 56.8 Å². The summed E-state index contributed by atoms with van der Waals surface area (Å²) in [6, 6.07) is 2.04. The molecule has 182 valence electrons. The molecule has 33 heavy (non-hydrogen) atoms. The van der Waals surface area contributed by atoms with Crippen LogP contribution in [0.5, 0.6) is 5.75 Å². The minimum atomic E-state index is -3.75. The van der Waals surface area contributed by atoms with E-state index < -0.39 is 41.3 Å². The van der Waals surface area contributed by atoms with Crippen LogP contribution in [0.25, 0.3) is 0 Å². The monoisotopic (exact) mass is 471 g/mol. The quantitative estimate of drug-likeness (QED) is 0.518. The molecule has 1 spiro atoms. The van der Waals surface area contributed by atoms with Gasteiger partial charge in [-0.1, -0.05) is 0 Å². The van der Waals surface area contributed by atoms with Crippen molar-refractivity contribution < 1.29 is 47.2 Å². The molecule has 3 rings (SSSR count). The Kier molecular flexibility index (Phi) is 6.31. The number of fused-ring (bicyclic) bond motifs is 1. The Morgan fingerprint density at radius 3 is 2.06 bits per heavy atom. The van der Waals surface area contributed by atoms with E-state index in [1.54, 1.807) is 20.8 Å². The van der Waals surface area contributed by atoms with Crippen LogP contribution in [-0.2, 0) is 14.2 Å². The zero-order valence-corrected chi connectivity index (χ0v) is 19.1. The Morgan fingerprint density at radius 1 is 1.06 bits per heavy atom. The topological polar surface area (TPSA) is 112 Å². The third-order valence-corrected chi connectivity index (χ3v) is 5.73. The Morgan fingerprint density at radius 2 is 1.58 bits per heavy atom. The molecular formula is C22H27F2NO8. The van der Waals surface area contributed by atoms with E-state index in [-0.39, 0.29) is 48.4 Å². The van der Waals surface area contributed by atoms with Gasteiger partial charge in [-0.15, -0.1) is 0 Å². The number of ether oxygens (including phenoxy) is 4. The number of likely N-dealkylation sites (tertiary alicyclic amines) is 1. The first kappa shape index (κ1) is 24.7. The van der Waals surface area contributed by atoms with Crippen LogP contribution in [0.3, 0.4) is 0 Å². The van der Waals surface area contributed by atoms with Crippen molar-refractivity contribution in [2.75, 3.05) is 27.3 Å². The van der Waals surface area contributed by atoms with Gasteiger partial charge in [-0.25, -0.2) is 14.4 Å². The van der Waals surface area contributed by atoms with Crippen molar-refractivity contribution in [1.82, 2.24) is 4.90 Å². The number of nitrogens with zero attached hydrogens (tertiary/aromatic N) is 1. The van der Waals surface area contributed by atoms with Crippen molar-refractivity contribution >= 4 is 18.0 Å². The second-order valence-corrected chi connectivity index (χ2v) is 9.01. The van der Waals surface area contributed by atoms with E-state index in [0.717, 1.165) is 26.4 Å². The molecule has 2 aliphatic rings. The van der Waals surface area contributed by atoms with Crippen LogP contribution in [0.15, 0.2) is 12.1 Å². The molecule has 1 unspecified atom stereocenters. The lowest BCUT2D eigenvalue weighted by Gasteiger charge is -2.50. The molecule has 2 aliphatic heterocycles. The van der Waals surface area contributed by atoms with Crippen LogP contribution < -0.4 is 4.74 Å². The molecule has 0 radical (unpaired) electrons. The maximum absolute atomic E-state index is 15.4. The van der Waals surface area contributed by atoms with E-state index in [0.29, 0.717) is 0 Å². The van der Waals surface area contributed by atoms with E-state index in [1.165, 1.54) is 4.90 Å². The Labute approximate surface area is 189 Å². The highest BCUT2D eigenvalue weighted by atomic mass is 19.3. The summed E-state index contributed by atoms with van der Waals surface area (Å²) in [5.41, 5.74) is -3.81. The number of hydrogen-bond acceptors (Lipinski definition) is 8. The number of rotatable bonds is 2. The van der Waals surface area contributed by atoms with Gasteiger partial charge in [-0.05, 0) is 32.9 Å². The SMILES string of the molecule is COC(=O)c1cc2c(cc1C(=O)OC)C(O)C(F)(F)C1(CCN(C(=O)OC(C)(C)C)CC1)O2. The van der Waals surface area contributed by atoms with Gasteiger partial charge in [0.1, 0.15) is 11.4 Å². The normalized spacial score (nSPS) is 21.0. The van der Waals surface area contributed by atoms with Gasteiger partial charge in [0.2, 0.25) is 0 Å². The molecule has 0 aliphatic carbocycles. The minimum absolute atomic E-state index is 0.0866. The van der Waals surface area contributed by atoms with Crippen LogP contribution in [0.2, 0.25) is 0 Å². The van der Waals surface area contributed by atoms with Gasteiger partial charge in [-0.3, -0.25) is 0 Å². The van der Waals surface area contributed by atoms with E-state index in [1.807, 2.05) is 0 Å². The molecule has 1 aromatic carbocycles. The first-order chi connectivity index (χ1) is 15.3. The average molecular weight is 471 g/mol. The fourth-order valence-electron chi connectivity index (χ4n) is 3.99. The van der Waals surface area contributed by atoms with Crippen LogP contribution in [0.4, 0.5) is 13.6 Å². The Balaban J connectivity index is 1.96. The van der Waals surface area contributed by atoms with Crippen molar-refractivity contribution in [2.24, 2.45) is 0 Å². The number of piperidine rings is 1. The molecule has 11 heteroatoms. The van der Waals surface area contributed by atoms with Crippen LogP contribution in [0.1, 0.15) is 66.0 Å². The lowest BCUT2D eigenvalue weighted by molar-refractivity contribution is -0.247. The van der Waals surface area contributed by atoms with E-state index in [2.05, 4.69) is 9.47 Å². The van der Waals surface area contributed by atoms with Crippen molar-refractivity contribution in [3.05, 3.63) is 28.8 Å². The van der Waals surface area contributed by atoms with Crippen LogP contribution in [-0.4, -0.2) is 72.5 Å². The van der Waals surface area contributed by atoms with Crippen molar-refractivity contribution in [3.8, 4) is 5.75 Å². The molecule has 1 N–H and O–H groups in total. The predicted octanol–water partition coefficient (Wildman–Crippen LogP) is 3.09. The lowest BCUT2D eigenvalue weighted by Crippen LogP contribution is -2.63. The summed E-state index contributed by atoms with van der Waals surface area (Å²) < 4.78 is 51.2. The zero-order chi connectivity index (χ0) is 24.8. The Bertz CT molecular complexity index is 964. The zero-order valence-electron chi connectivity index (χ0n) is 19.1. The van der Waals surface area contributed by atoms with Crippen molar-refractivity contribution in [1.29, 1.82) is 0 Å². The minimum Gasteiger partial charge on any atom is -0.480 e. The summed E-state index contributed by atoms with van der Waals surface area (Å²) in [7, 11) is 2.17. The van der Waals surface area contributed by atoms with Crippen molar-refractivity contribution in [3.63, 3.8) is 0 Å². The third-order valence-electron chi connectivity index (χ3n) is 5.73. The molecule has 9 nitrogen and oxygen atoms in total. The molecule has 2 heterocycles. The number of aliphatic hydroxyl groups excluding tert-OH is 1. The van der Waals surface area contributed by atoms with Gasteiger partial charge in [0.15, 0.2) is 11.7 Å². The highest BCUT2D eigenvalue weighted by Crippen LogP contribution is 2.54. The fraction of sp³-hybridized carbons (Fsp3) is 0.591. The number of carbonyl (C=O) groups is 3. The first-order valence-corrected chi connectivity index (χ1v) is 10.3. The average Bonchev–Trinajstić information content (AvgIpc) is 2.75. The highest BCUT2D eigenvalue weighted by Gasteiger charge is 2.65. The first-order valence-electron chi connectivity index (χ1n) is 10.3. The second-order valence-electron chi connectivity index (χ2n) is 9.01. The number of halogens is 2. The summed E-state index contributed by atoms with van der Waals surface area (Å²) >= 11 is 0. The number of carbonyl (C=O) groups excluding carboxylic acids is 3. The molecule has 1 fully saturated rings. The molecule has 0 bridgehead atoms. The molecular weight excluding hydrogens is 444 g/mol. The van der Waals surface area contributed by atoms with Gasteiger partial charge >= 0.3 is 24.0 Å². The van der Waals surface area contributed by atoms with Crippen LogP contribution in [0, 0.1) is 0 Å². The summed E-state index contributed by atoms with van der Waals surface area (Å²) in [4.78, 5) is 37.9. The van der Waals surface area contributed by atoms with Gasteiger partial charge in [-0.2, -0.15) is 8.78 Å². The summed E-state index contributed by atoms with van der Waals surface area (Å²) in [5.74, 6) is -5.78. The third kappa shape index (κ3) is 4.33. The van der Waals surface area contributed by atoms with Gasteiger partial charge in [0, 0.05) is 31.5 Å². The number of benzene rings is 1. The predicted molar refractivity (Wildman–Crippen MR) is 109 cm³/mol. The number of aliphatic hydroxyl groups is 1. The maximum Gasteiger partial charge on any atom is 0.410 e. The number of esters is 2. The van der Waals surface area contributed by atoms with Crippen LogP contribution >= 0.6 is 0 Å². The molecule has 1 atom stereocenters. The smallest absolute Gasteiger partial charge is 0.410 e. The summed E-state index contributed by atoms with van der Waals surface area (Å²) in [5, 5.41) is 10.6. The largest absolute Gasteiger partial charge is 0.480 e. The van der Waals surface area contributed by atoms with Gasteiger partial charge < -0.3 is 29.0 Å². The molecule has 0 aromatic heterocycles. The summed E-state index contributed by atoms with van der Waals surface area (Å²) in [6.07, 6.45) is -3.53. The lowest BCUT2D eigenvalue weighted by atomic mass is 9.77. The molecule has 1 aromatic rings. The standard InChI is InChI=1S/C22H27F2NO8/c1-20(2,3)33-19(29)25-8-6-21(7-9-25)22(23,24)16(26)14-10-12(17(27)30-4)13(18(28)31-5)11-15(14)32-21/h10-11,16,26H,6-9H2,1-5H3. The van der Waals surface area contributed by atoms with E-state index in [9.17, 15) is 19.5 Å². The number of methoxy groups -OCH3 is 2. The fourth-order valence-corrected chi connectivity index (χ4v) is 3.99. The van der Waals surface area contributed by atoms with Gasteiger partial charge in [0.25, 0.3) is 0 Å².